The Balaban J connectivity index is 1.50. The first-order valence-electron chi connectivity index (χ1n) is 7.79. The van der Waals surface area contributed by atoms with Crippen LogP contribution in [0.2, 0.25) is 5.02 Å². The van der Waals surface area contributed by atoms with E-state index in [4.69, 9.17) is 11.6 Å². The first-order valence-corrected chi connectivity index (χ1v) is 9.05. The fraction of sp³-hybridized carbons (Fsp3) is 0.412. The van der Waals surface area contributed by atoms with E-state index in [1.165, 1.54) is 11.3 Å². The number of benzene rings is 1. The second kappa shape index (κ2) is 5.89. The highest BCUT2D eigenvalue weighted by atomic mass is 35.5. The van der Waals surface area contributed by atoms with E-state index in [0.717, 1.165) is 36.8 Å². The first-order chi connectivity index (χ1) is 11.1. The number of hydrogen-bond donors (Lipinski definition) is 0. The third-order valence-electron chi connectivity index (χ3n) is 4.75. The molecule has 1 aromatic carbocycles. The normalized spacial score (nSPS) is 24.2. The van der Waals surface area contributed by atoms with Gasteiger partial charge >= 0.3 is 0 Å². The van der Waals surface area contributed by atoms with Crippen molar-refractivity contribution < 1.29 is 4.79 Å². The summed E-state index contributed by atoms with van der Waals surface area (Å²) in [5, 5.41) is 3.38. The Labute approximate surface area is 144 Å². The van der Waals surface area contributed by atoms with Crippen LogP contribution >= 0.6 is 22.9 Å². The average molecular weight is 348 g/mol. The topological polar surface area (TPSA) is 36.4 Å². The number of fused-ring (bicyclic) bond motifs is 1. The van der Waals surface area contributed by atoms with Gasteiger partial charge in [-0.15, -0.1) is 11.3 Å². The second-order valence-electron chi connectivity index (χ2n) is 6.50. The van der Waals surface area contributed by atoms with Crippen molar-refractivity contribution in [1.29, 1.82) is 0 Å². The first kappa shape index (κ1) is 15.1. The number of likely N-dealkylation sites (tertiary alicyclic amines) is 2. The lowest BCUT2D eigenvalue weighted by molar-refractivity contribution is 0.0771. The number of halogens is 1. The van der Waals surface area contributed by atoms with Crippen molar-refractivity contribution in [2.24, 2.45) is 11.8 Å². The maximum absolute atomic E-state index is 12.7. The van der Waals surface area contributed by atoms with Gasteiger partial charge in [0.15, 0.2) is 0 Å². The summed E-state index contributed by atoms with van der Waals surface area (Å²) in [6.45, 7) is 3.91. The third-order valence-corrected chi connectivity index (χ3v) is 5.88. The number of hydrogen-bond acceptors (Lipinski definition) is 4. The molecule has 23 heavy (non-hydrogen) atoms. The molecule has 2 aliphatic rings. The van der Waals surface area contributed by atoms with Crippen LogP contribution in [0.25, 0.3) is 10.6 Å². The zero-order chi connectivity index (χ0) is 16.0. The van der Waals surface area contributed by atoms with E-state index in [1.807, 2.05) is 34.5 Å². The fourth-order valence-corrected chi connectivity index (χ4v) is 4.66. The van der Waals surface area contributed by atoms with Crippen LogP contribution in [-0.4, -0.2) is 53.9 Å². The number of nitrogens with zero attached hydrogens (tertiary/aromatic N) is 3. The SMILES string of the molecule is CN1C[C@@H]2CN(C(=O)c3csc(-c4cccc(Cl)c4)n3)C[C@@H]2C1. The summed E-state index contributed by atoms with van der Waals surface area (Å²) in [4.78, 5) is 21.6. The molecule has 2 aliphatic heterocycles. The van der Waals surface area contributed by atoms with E-state index in [0.29, 0.717) is 22.6 Å². The number of carbonyl (C=O) groups is 1. The fourth-order valence-electron chi connectivity index (χ4n) is 3.68. The molecule has 3 heterocycles. The van der Waals surface area contributed by atoms with Crippen molar-refractivity contribution in [2.45, 2.75) is 0 Å². The Hall–Kier alpha value is -1.43. The molecular weight excluding hydrogens is 330 g/mol. The van der Waals surface area contributed by atoms with Gasteiger partial charge in [0.2, 0.25) is 0 Å². The number of aromatic nitrogens is 1. The predicted molar refractivity (Wildman–Crippen MR) is 92.9 cm³/mol. The summed E-state index contributed by atoms with van der Waals surface area (Å²) < 4.78 is 0. The smallest absolute Gasteiger partial charge is 0.273 e. The highest BCUT2D eigenvalue weighted by Crippen LogP contribution is 2.32. The van der Waals surface area contributed by atoms with Gasteiger partial charge in [0.25, 0.3) is 5.91 Å². The van der Waals surface area contributed by atoms with Crippen LogP contribution in [0.15, 0.2) is 29.6 Å². The van der Waals surface area contributed by atoms with Crippen LogP contribution < -0.4 is 0 Å². The molecule has 0 N–H and O–H groups in total. The second-order valence-corrected chi connectivity index (χ2v) is 7.79. The van der Waals surface area contributed by atoms with Crippen molar-refractivity contribution in [1.82, 2.24) is 14.8 Å². The highest BCUT2D eigenvalue weighted by molar-refractivity contribution is 7.13. The van der Waals surface area contributed by atoms with Gasteiger partial charge in [-0.1, -0.05) is 23.7 Å². The van der Waals surface area contributed by atoms with E-state index in [9.17, 15) is 4.79 Å². The number of thiazole rings is 1. The molecule has 0 saturated carbocycles. The molecule has 120 valence electrons. The highest BCUT2D eigenvalue weighted by Gasteiger charge is 2.40. The molecule has 4 rings (SSSR count). The average Bonchev–Trinajstić information content (AvgIpc) is 3.20. The number of carbonyl (C=O) groups excluding carboxylic acids is 1. The van der Waals surface area contributed by atoms with Crippen LogP contribution in [-0.2, 0) is 0 Å². The van der Waals surface area contributed by atoms with Gasteiger partial charge in [-0.2, -0.15) is 0 Å². The molecule has 6 heteroatoms. The molecule has 0 bridgehead atoms. The van der Waals surface area contributed by atoms with E-state index < -0.39 is 0 Å². The summed E-state index contributed by atoms with van der Waals surface area (Å²) in [5.41, 5.74) is 1.51. The molecule has 4 nitrogen and oxygen atoms in total. The molecule has 0 aliphatic carbocycles. The van der Waals surface area contributed by atoms with Crippen molar-refractivity contribution in [3.8, 4) is 10.6 Å². The van der Waals surface area contributed by atoms with E-state index in [2.05, 4.69) is 16.9 Å². The monoisotopic (exact) mass is 347 g/mol. The standard InChI is InChI=1S/C17H18ClN3OS/c1-20-6-12-8-21(9-13(12)7-20)17(22)15-10-23-16(19-15)11-3-2-4-14(18)5-11/h2-5,10,12-13H,6-9H2,1H3/t12-,13+. The van der Waals surface area contributed by atoms with Crippen LogP contribution in [0.5, 0.6) is 0 Å². The van der Waals surface area contributed by atoms with Crippen molar-refractivity contribution in [2.75, 3.05) is 33.2 Å². The van der Waals surface area contributed by atoms with Gasteiger partial charge < -0.3 is 9.80 Å². The Morgan fingerprint density at radius 1 is 1.26 bits per heavy atom. The Morgan fingerprint density at radius 3 is 2.70 bits per heavy atom. The summed E-state index contributed by atoms with van der Waals surface area (Å²) in [6.07, 6.45) is 0. The summed E-state index contributed by atoms with van der Waals surface area (Å²) in [5.74, 6) is 1.30. The van der Waals surface area contributed by atoms with Gasteiger partial charge in [0.05, 0.1) is 0 Å². The minimum atomic E-state index is 0.0616. The number of rotatable bonds is 2. The molecular formula is C17H18ClN3OS. The summed E-state index contributed by atoms with van der Waals surface area (Å²) in [6, 6.07) is 7.59. The molecule has 0 radical (unpaired) electrons. The zero-order valence-corrected chi connectivity index (χ0v) is 14.5. The Kier molecular flexibility index (Phi) is 3.87. The Morgan fingerprint density at radius 2 is 2.00 bits per heavy atom. The van der Waals surface area contributed by atoms with E-state index in [1.54, 1.807) is 0 Å². The molecule has 1 aromatic heterocycles. The quantitative estimate of drug-likeness (QED) is 0.837. The van der Waals surface area contributed by atoms with Crippen molar-refractivity contribution in [3.63, 3.8) is 0 Å². The summed E-state index contributed by atoms with van der Waals surface area (Å²) >= 11 is 7.53. The van der Waals surface area contributed by atoms with Gasteiger partial charge in [-0.05, 0) is 31.0 Å². The van der Waals surface area contributed by atoms with Crippen LogP contribution in [0, 0.1) is 11.8 Å². The minimum absolute atomic E-state index is 0.0616. The van der Waals surface area contributed by atoms with Gasteiger partial charge in [0, 0.05) is 42.1 Å². The van der Waals surface area contributed by atoms with Crippen LogP contribution in [0.1, 0.15) is 10.5 Å². The zero-order valence-electron chi connectivity index (χ0n) is 12.9. The van der Waals surface area contributed by atoms with Crippen molar-refractivity contribution in [3.05, 3.63) is 40.4 Å². The minimum Gasteiger partial charge on any atom is -0.337 e. The van der Waals surface area contributed by atoms with Gasteiger partial charge in [-0.25, -0.2) is 4.98 Å². The van der Waals surface area contributed by atoms with Crippen LogP contribution in [0.4, 0.5) is 0 Å². The predicted octanol–water partition coefficient (Wildman–Crippen LogP) is 3.10. The van der Waals surface area contributed by atoms with Crippen LogP contribution in [0.3, 0.4) is 0 Å². The maximum Gasteiger partial charge on any atom is 0.273 e. The maximum atomic E-state index is 12.7. The van der Waals surface area contributed by atoms with Gasteiger partial charge in [0.1, 0.15) is 10.7 Å². The lowest BCUT2D eigenvalue weighted by Crippen LogP contribution is -2.32. The summed E-state index contributed by atoms with van der Waals surface area (Å²) in [7, 11) is 2.15. The Bertz CT molecular complexity index is 733. The molecule has 0 unspecified atom stereocenters. The lowest BCUT2D eigenvalue weighted by atomic mass is 10.0. The van der Waals surface area contributed by atoms with Crippen molar-refractivity contribution >= 4 is 28.8 Å². The third kappa shape index (κ3) is 2.89. The number of amides is 1. The van der Waals surface area contributed by atoms with E-state index in [-0.39, 0.29) is 5.91 Å². The molecule has 2 aromatic rings. The molecule has 0 spiro atoms. The molecule has 1 amide bonds. The molecule has 2 saturated heterocycles. The van der Waals surface area contributed by atoms with Gasteiger partial charge in [-0.3, -0.25) is 4.79 Å². The lowest BCUT2D eigenvalue weighted by Gasteiger charge is -2.18. The molecule has 2 fully saturated rings. The van der Waals surface area contributed by atoms with E-state index >= 15 is 0 Å². The largest absolute Gasteiger partial charge is 0.337 e. The molecule has 2 atom stereocenters.